The van der Waals surface area contributed by atoms with Gasteiger partial charge in [0, 0.05) is 198 Å². The molecule has 0 unspecified atom stereocenters. The highest BCUT2D eigenvalue weighted by molar-refractivity contribution is 5.77. The van der Waals surface area contributed by atoms with E-state index >= 15 is 0 Å². The van der Waals surface area contributed by atoms with Gasteiger partial charge in [-0.2, -0.15) is 4.98 Å². The van der Waals surface area contributed by atoms with Crippen LogP contribution in [0.15, 0.2) is 133 Å². The third-order valence-corrected chi connectivity index (χ3v) is 17.8. The summed E-state index contributed by atoms with van der Waals surface area (Å²) < 4.78 is 5.80. The van der Waals surface area contributed by atoms with Crippen LogP contribution in [0.3, 0.4) is 0 Å². The lowest BCUT2D eigenvalue weighted by molar-refractivity contribution is 0.104. The Balaban J connectivity index is 0.000000174. The second kappa shape index (κ2) is 40.5. The van der Waals surface area contributed by atoms with Crippen LogP contribution in [0.5, 0.6) is 0 Å². The Morgan fingerprint density at radius 3 is 1.37 bits per heavy atom. The minimum absolute atomic E-state index is 0.621. The van der Waals surface area contributed by atoms with E-state index in [1.165, 1.54) is 56.8 Å². The first kappa shape index (κ1) is 74.4. The van der Waals surface area contributed by atoms with Crippen molar-refractivity contribution >= 4 is 39.8 Å². The molecular weight excluding hydrogens is 1140 g/mol. The molecule has 0 amide bonds. The molecule has 5 aliphatic heterocycles. The Bertz CT molecular complexity index is 2890. The lowest BCUT2D eigenvalue weighted by Gasteiger charge is -2.37. The van der Waals surface area contributed by atoms with E-state index < -0.39 is 0 Å². The zero-order valence-corrected chi connectivity index (χ0v) is 59.0. The minimum Gasteiger partial charge on any atom is -0.423 e. The van der Waals surface area contributed by atoms with Crippen LogP contribution in [-0.2, 0) is 6.54 Å². The van der Waals surface area contributed by atoms with Crippen molar-refractivity contribution in [1.29, 1.82) is 0 Å². The van der Waals surface area contributed by atoms with Crippen molar-refractivity contribution in [1.82, 2.24) is 64.2 Å². The Morgan fingerprint density at radius 1 is 0.457 bits per heavy atom. The fourth-order valence-corrected chi connectivity index (χ4v) is 11.2. The van der Waals surface area contributed by atoms with E-state index in [-0.39, 0.29) is 0 Å². The first-order valence-corrected chi connectivity index (χ1v) is 34.5. The van der Waals surface area contributed by atoms with Crippen LogP contribution in [-0.4, -0.2) is 232 Å². The first-order valence-electron chi connectivity index (χ1n) is 34.5. The minimum atomic E-state index is 0.621. The predicted octanol–water partition coefficient (Wildman–Crippen LogP) is 11.8. The maximum Gasteiger partial charge on any atom is 0.298 e. The van der Waals surface area contributed by atoms with Gasteiger partial charge >= 0.3 is 0 Å². The number of aryl methyl sites for hydroxylation is 1. The van der Waals surface area contributed by atoms with Crippen LogP contribution in [0.1, 0.15) is 108 Å². The number of terminal acetylenes is 1. The van der Waals surface area contributed by atoms with E-state index in [0.29, 0.717) is 30.2 Å². The Kier molecular flexibility index (Phi) is 32.7. The standard InChI is InChI=1S/C15H24N2.C14H19N3O.C12H19N3.C11H18N4.C10H18N2.C8H6N2.C5H12/c1-13(2)17-10-8-16(9-11-17)12-15-6-4-14(3)5-7-15;1-11(2)16-7-9-17(10-8-16)14-15-12-5-3-4-6-13(12)18-14;1-11(2)14-7-9-15(10-8-14)12-5-3-4-6-13-12;1-10(2)14-6-8-15(9-7-14)11-12-4-3-5-13-11;1-4-5-11-6-8-12(9-7-11)10(2)3;1-2-4-8-7(3-1)5-9-6-10-8;1-4-5(2)3/h4-7,13H,8-12H2,1-3H3;3-6,11H,7-10H2,1-2H3;3-6,11H,7-10H2,1-2H3;3-5,10H,6-9H2,1-2H3;1,10H,5-9H2,2-3H3;1-6H;5H,4H2,1-3H3. The van der Waals surface area contributed by atoms with E-state index in [2.05, 4.69) is 218 Å². The first-order chi connectivity index (χ1) is 44.4. The summed E-state index contributed by atoms with van der Waals surface area (Å²) in [5.41, 5.74) is 5.60. The molecule has 5 fully saturated rings. The molecule has 12 rings (SSSR count). The van der Waals surface area contributed by atoms with Gasteiger partial charge in [-0.25, -0.2) is 24.9 Å². The molecule has 0 aliphatic carbocycles. The van der Waals surface area contributed by atoms with Crippen LogP contribution in [0.4, 0.5) is 17.8 Å². The normalized spacial score (nSPS) is 17.4. The maximum absolute atomic E-state index is 5.80. The van der Waals surface area contributed by atoms with Gasteiger partial charge in [0.25, 0.3) is 6.01 Å². The molecule has 9 heterocycles. The highest BCUT2D eigenvalue weighted by atomic mass is 16.4. The number of oxazole rings is 1. The molecule has 17 heteroatoms. The van der Waals surface area contributed by atoms with Crippen LogP contribution in [0, 0.1) is 25.2 Å². The number of rotatable bonds is 12. The molecule has 0 radical (unpaired) electrons. The SMILES string of the molecule is C#CCN1CCN(C(C)C)CC1.CC(C)N1CCN(c2ccccn2)CC1.CC(C)N1CCN(c2nc3ccccc3o2)CC1.CC(C)N1CCN(c2ncccn2)CC1.CCC(C)C.Cc1ccc(CN2CCN(C(C)C)CC2)cc1.c1ccc2ncncc2c1. The molecule has 5 aliphatic rings. The van der Waals surface area contributed by atoms with Gasteiger partial charge in [0.15, 0.2) is 5.58 Å². The summed E-state index contributed by atoms with van der Waals surface area (Å²) in [5.74, 6) is 5.55. The van der Waals surface area contributed by atoms with Crippen LogP contribution in [0.25, 0.3) is 22.0 Å². The molecule has 502 valence electrons. The van der Waals surface area contributed by atoms with Gasteiger partial charge in [0.1, 0.15) is 17.7 Å². The summed E-state index contributed by atoms with van der Waals surface area (Å²) in [6.45, 7) is 55.6. The third-order valence-electron chi connectivity index (χ3n) is 17.8. The summed E-state index contributed by atoms with van der Waals surface area (Å²) in [6.07, 6.45) is 15.4. The summed E-state index contributed by atoms with van der Waals surface area (Å²) in [6, 6.07) is 36.8. The summed E-state index contributed by atoms with van der Waals surface area (Å²) in [7, 11) is 0. The summed E-state index contributed by atoms with van der Waals surface area (Å²) in [5, 5.41) is 1.09. The van der Waals surface area contributed by atoms with Crippen molar-refractivity contribution in [3.05, 3.63) is 139 Å². The van der Waals surface area contributed by atoms with Gasteiger partial charge in [0.05, 0.1) is 12.1 Å². The van der Waals surface area contributed by atoms with Crippen molar-refractivity contribution in [2.24, 2.45) is 5.92 Å². The highest BCUT2D eigenvalue weighted by Crippen LogP contribution is 2.23. The van der Waals surface area contributed by atoms with E-state index in [9.17, 15) is 0 Å². The second-order valence-corrected chi connectivity index (χ2v) is 26.4. The molecule has 5 saturated heterocycles. The molecule has 4 aromatic heterocycles. The molecular formula is C75H116N16O. The molecule has 0 spiro atoms. The number of nitrogens with zero attached hydrogens (tertiary/aromatic N) is 16. The number of anilines is 3. The highest BCUT2D eigenvalue weighted by Gasteiger charge is 2.24. The van der Waals surface area contributed by atoms with E-state index in [0.717, 1.165) is 150 Å². The molecule has 0 atom stereocenters. The Morgan fingerprint density at radius 2 is 0.902 bits per heavy atom. The number of hydrogen-bond donors (Lipinski definition) is 0. The topological polar surface area (TPSA) is 123 Å². The molecule has 0 saturated carbocycles. The largest absolute Gasteiger partial charge is 0.423 e. The van der Waals surface area contributed by atoms with Crippen molar-refractivity contribution in [2.75, 3.05) is 152 Å². The zero-order valence-electron chi connectivity index (χ0n) is 59.0. The smallest absolute Gasteiger partial charge is 0.298 e. The number of para-hydroxylation sites is 3. The number of fused-ring (bicyclic) bond motifs is 2. The molecule has 7 aromatic rings. The Labute approximate surface area is 555 Å². The third kappa shape index (κ3) is 26.1. The monoisotopic (exact) mass is 1260 g/mol. The van der Waals surface area contributed by atoms with E-state index in [1.54, 1.807) is 18.7 Å². The molecule has 92 heavy (non-hydrogen) atoms. The van der Waals surface area contributed by atoms with Crippen LogP contribution < -0.4 is 14.7 Å². The van der Waals surface area contributed by atoms with Gasteiger partial charge in [-0.15, -0.1) is 6.42 Å². The quantitative estimate of drug-likeness (QED) is 0.108. The maximum atomic E-state index is 5.80. The average molecular weight is 1260 g/mol. The van der Waals surface area contributed by atoms with Gasteiger partial charge in [-0.3, -0.25) is 34.3 Å². The number of aromatic nitrogens is 6. The fraction of sp³-hybridized carbons (Fsp3) is 0.573. The van der Waals surface area contributed by atoms with Crippen molar-refractivity contribution in [2.45, 2.75) is 140 Å². The molecule has 3 aromatic carbocycles. The predicted molar refractivity (Wildman–Crippen MR) is 387 cm³/mol. The Hall–Kier alpha value is -6.62. The van der Waals surface area contributed by atoms with Gasteiger partial charge < -0.3 is 19.1 Å². The van der Waals surface area contributed by atoms with Crippen LogP contribution >= 0.6 is 0 Å². The van der Waals surface area contributed by atoms with Gasteiger partial charge in [-0.1, -0.05) is 99.3 Å². The lowest BCUT2D eigenvalue weighted by Crippen LogP contribution is -2.49. The number of piperazine rings is 5. The van der Waals surface area contributed by atoms with E-state index in [4.69, 9.17) is 10.8 Å². The number of benzene rings is 3. The zero-order chi connectivity index (χ0) is 66.2. The van der Waals surface area contributed by atoms with Crippen molar-refractivity contribution in [3.63, 3.8) is 0 Å². The average Bonchev–Trinajstić information content (AvgIpc) is 1.92. The van der Waals surface area contributed by atoms with Gasteiger partial charge in [0.2, 0.25) is 5.95 Å². The summed E-state index contributed by atoms with van der Waals surface area (Å²) >= 11 is 0. The van der Waals surface area contributed by atoms with Crippen LogP contribution in [0.2, 0.25) is 0 Å². The molecule has 0 bridgehead atoms. The van der Waals surface area contributed by atoms with Crippen molar-refractivity contribution in [3.8, 4) is 12.3 Å². The molecule has 17 nitrogen and oxygen atoms in total. The fourth-order valence-electron chi connectivity index (χ4n) is 11.2. The van der Waals surface area contributed by atoms with E-state index in [1.807, 2.05) is 73.1 Å². The van der Waals surface area contributed by atoms with Gasteiger partial charge in [-0.05, 0) is 124 Å². The second-order valence-electron chi connectivity index (χ2n) is 26.4. The molecule has 0 N–H and O–H groups in total. The lowest BCUT2D eigenvalue weighted by atomic mass is 10.1. The number of pyridine rings is 1. The van der Waals surface area contributed by atoms with Crippen molar-refractivity contribution < 1.29 is 4.42 Å². The summed E-state index contributed by atoms with van der Waals surface area (Å²) in [4.78, 5) is 49.7. The number of hydrogen-bond acceptors (Lipinski definition) is 17.